The molecule has 1 heterocycles. The third-order valence-corrected chi connectivity index (χ3v) is 4.40. The molecule has 1 aromatic heterocycles. The molecular formula is C18H18N2S. The van der Waals surface area contributed by atoms with E-state index in [-0.39, 0.29) is 0 Å². The number of anilines is 2. The Morgan fingerprint density at radius 1 is 0.905 bits per heavy atom. The Morgan fingerprint density at radius 3 is 2.38 bits per heavy atom. The van der Waals surface area contributed by atoms with E-state index in [0.717, 1.165) is 16.5 Å². The van der Waals surface area contributed by atoms with Crippen LogP contribution in [-0.4, -0.2) is 4.98 Å². The molecule has 2 aromatic carbocycles. The number of aromatic nitrogens is 1. The lowest BCUT2D eigenvalue weighted by Gasteiger charge is -2.07. The number of aryl methyl sites for hydroxylation is 3. The third-order valence-electron chi connectivity index (χ3n) is 3.65. The molecule has 3 aromatic rings. The molecule has 0 unspecified atom stereocenters. The fourth-order valence-electron chi connectivity index (χ4n) is 2.34. The van der Waals surface area contributed by atoms with Crippen LogP contribution >= 0.6 is 11.3 Å². The standard InChI is InChI=1S/C18H18N2S/c1-12-9-14(3)16(10-13(12)2)17-11-21-18(20-17)19-15-7-5-4-6-8-15/h4-11H,1-3H3,(H,19,20). The van der Waals surface area contributed by atoms with Crippen LogP contribution in [0.3, 0.4) is 0 Å². The average molecular weight is 294 g/mol. The number of hydrogen-bond donors (Lipinski definition) is 1. The number of para-hydroxylation sites is 1. The zero-order valence-electron chi connectivity index (χ0n) is 12.5. The van der Waals surface area contributed by atoms with Gasteiger partial charge in [-0.1, -0.05) is 24.3 Å². The largest absolute Gasteiger partial charge is 0.332 e. The van der Waals surface area contributed by atoms with Crippen molar-refractivity contribution in [2.24, 2.45) is 0 Å². The summed E-state index contributed by atoms with van der Waals surface area (Å²) in [7, 11) is 0. The third kappa shape index (κ3) is 2.98. The molecule has 0 bridgehead atoms. The van der Waals surface area contributed by atoms with Crippen LogP contribution in [0.1, 0.15) is 16.7 Å². The van der Waals surface area contributed by atoms with Crippen LogP contribution in [-0.2, 0) is 0 Å². The van der Waals surface area contributed by atoms with Crippen molar-refractivity contribution in [1.82, 2.24) is 4.98 Å². The maximum absolute atomic E-state index is 4.71. The molecule has 3 heteroatoms. The smallest absolute Gasteiger partial charge is 0.187 e. The molecule has 0 aliphatic carbocycles. The minimum absolute atomic E-state index is 0.925. The zero-order valence-corrected chi connectivity index (χ0v) is 13.3. The van der Waals surface area contributed by atoms with Gasteiger partial charge < -0.3 is 5.32 Å². The summed E-state index contributed by atoms with van der Waals surface area (Å²) in [5.41, 5.74) is 7.23. The number of rotatable bonds is 3. The molecular weight excluding hydrogens is 276 g/mol. The van der Waals surface area contributed by atoms with E-state index in [4.69, 9.17) is 4.98 Å². The molecule has 0 aliphatic rings. The Morgan fingerprint density at radius 2 is 1.62 bits per heavy atom. The zero-order chi connectivity index (χ0) is 14.8. The summed E-state index contributed by atoms with van der Waals surface area (Å²) >= 11 is 1.64. The van der Waals surface area contributed by atoms with Crippen molar-refractivity contribution in [1.29, 1.82) is 0 Å². The predicted molar refractivity (Wildman–Crippen MR) is 91.5 cm³/mol. The quantitative estimate of drug-likeness (QED) is 0.692. The van der Waals surface area contributed by atoms with Crippen molar-refractivity contribution in [3.63, 3.8) is 0 Å². The normalized spacial score (nSPS) is 10.6. The molecule has 2 nitrogen and oxygen atoms in total. The van der Waals surface area contributed by atoms with Gasteiger partial charge in [0, 0.05) is 16.6 Å². The van der Waals surface area contributed by atoms with Gasteiger partial charge in [0.15, 0.2) is 5.13 Å². The summed E-state index contributed by atoms with van der Waals surface area (Å²) in [5.74, 6) is 0. The second-order valence-electron chi connectivity index (χ2n) is 5.28. The Bertz CT molecular complexity index is 760. The monoisotopic (exact) mass is 294 g/mol. The molecule has 106 valence electrons. The van der Waals surface area contributed by atoms with Gasteiger partial charge in [0.2, 0.25) is 0 Å². The van der Waals surface area contributed by atoms with Gasteiger partial charge in [-0.15, -0.1) is 11.3 Å². The Labute approximate surface area is 129 Å². The summed E-state index contributed by atoms with van der Waals surface area (Å²) in [6, 6.07) is 14.6. The topological polar surface area (TPSA) is 24.9 Å². The Balaban J connectivity index is 1.90. The highest BCUT2D eigenvalue weighted by Gasteiger charge is 2.09. The first kappa shape index (κ1) is 13.8. The minimum atomic E-state index is 0.925. The van der Waals surface area contributed by atoms with Crippen molar-refractivity contribution in [2.45, 2.75) is 20.8 Å². The number of nitrogens with one attached hydrogen (secondary N) is 1. The maximum Gasteiger partial charge on any atom is 0.187 e. The van der Waals surface area contributed by atoms with Gasteiger partial charge in [-0.05, 0) is 55.7 Å². The van der Waals surface area contributed by atoms with Gasteiger partial charge in [-0.3, -0.25) is 0 Å². The Kier molecular flexibility index (Phi) is 3.76. The van der Waals surface area contributed by atoms with E-state index in [1.165, 1.54) is 22.3 Å². The van der Waals surface area contributed by atoms with E-state index in [2.05, 4.69) is 43.6 Å². The Hall–Kier alpha value is -2.13. The predicted octanol–water partition coefficient (Wildman–Crippen LogP) is 5.48. The molecule has 0 amide bonds. The minimum Gasteiger partial charge on any atom is -0.332 e. The second kappa shape index (κ2) is 5.70. The van der Waals surface area contributed by atoms with Crippen molar-refractivity contribution in [2.75, 3.05) is 5.32 Å². The fraction of sp³-hybridized carbons (Fsp3) is 0.167. The van der Waals surface area contributed by atoms with Crippen LogP contribution in [0.5, 0.6) is 0 Å². The first-order valence-corrected chi connectivity index (χ1v) is 7.87. The van der Waals surface area contributed by atoms with Gasteiger partial charge in [-0.25, -0.2) is 4.98 Å². The number of benzene rings is 2. The molecule has 3 rings (SSSR count). The van der Waals surface area contributed by atoms with Crippen molar-refractivity contribution in [3.05, 3.63) is 64.5 Å². The van der Waals surface area contributed by atoms with E-state index in [0.29, 0.717) is 0 Å². The number of hydrogen-bond acceptors (Lipinski definition) is 3. The summed E-state index contributed by atoms with van der Waals surface area (Å²) in [6.07, 6.45) is 0. The van der Waals surface area contributed by atoms with Crippen molar-refractivity contribution in [3.8, 4) is 11.3 Å². The van der Waals surface area contributed by atoms with E-state index < -0.39 is 0 Å². The van der Waals surface area contributed by atoms with Gasteiger partial charge in [-0.2, -0.15) is 0 Å². The van der Waals surface area contributed by atoms with Crippen LogP contribution < -0.4 is 5.32 Å². The first-order chi connectivity index (χ1) is 10.1. The highest BCUT2D eigenvalue weighted by atomic mass is 32.1. The number of thiazole rings is 1. The lowest BCUT2D eigenvalue weighted by molar-refractivity contribution is 1.28. The van der Waals surface area contributed by atoms with E-state index in [9.17, 15) is 0 Å². The van der Waals surface area contributed by atoms with Crippen LogP contribution in [0.15, 0.2) is 47.8 Å². The molecule has 1 N–H and O–H groups in total. The van der Waals surface area contributed by atoms with Gasteiger partial charge in [0.05, 0.1) is 5.69 Å². The SMILES string of the molecule is Cc1cc(C)c(-c2csc(Nc3ccccc3)n2)cc1C. The molecule has 0 saturated heterocycles. The molecule has 0 saturated carbocycles. The lowest BCUT2D eigenvalue weighted by Crippen LogP contribution is -1.91. The van der Waals surface area contributed by atoms with Gasteiger partial charge in [0.25, 0.3) is 0 Å². The van der Waals surface area contributed by atoms with Gasteiger partial charge >= 0.3 is 0 Å². The summed E-state index contributed by atoms with van der Waals surface area (Å²) in [4.78, 5) is 4.71. The molecule has 0 atom stereocenters. The fourth-order valence-corrected chi connectivity index (χ4v) is 3.07. The van der Waals surface area contributed by atoms with E-state index in [1.54, 1.807) is 11.3 Å². The van der Waals surface area contributed by atoms with Gasteiger partial charge in [0.1, 0.15) is 0 Å². The molecule has 0 radical (unpaired) electrons. The molecule has 0 spiro atoms. The second-order valence-corrected chi connectivity index (χ2v) is 6.14. The summed E-state index contributed by atoms with van der Waals surface area (Å²) in [5, 5.41) is 6.39. The summed E-state index contributed by atoms with van der Waals surface area (Å²) < 4.78 is 0. The molecule has 0 fully saturated rings. The van der Waals surface area contributed by atoms with Crippen molar-refractivity contribution < 1.29 is 0 Å². The molecule has 21 heavy (non-hydrogen) atoms. The lowest BCUT2D eigenvalue weighted by atomic mass is 9.99. The summed E-state index contributed by atoms with van der Waals surface area (Å²) in [6.45, 7) is 6.44. The maximum atomic E-state index is 4.71. The number of nitrogens with zero attached hydrogens (tertiary/aromatic N) is 1. The van der Waals surface area contributed by atoms with Crippen molar-refractivity contribution >= 4 is 22.2 Å². The van der Waals surface area contributed by atoms with E-state index >= 15 is 0 Å². The van der Waals surface area contributed by atoms with Crippen LogP contribution in [0.2, 0.25) is 0 Å². The highest BCUT2D eigenvalue weighted by molar-refractivity contribution is 7.14. The first-order valence-electron chi connectivity index (χ1n) is 6.99. The highest BCUT2D eigenvalue weighted by Crippen LogP contribution is 2.30. The van der Waals surface area contributed by atoms with Crippen LogP contribution in [0, 0.1) is 20.8 Å². The van der Waals surface area contributed by atoms with Crippen LogP contribution in [0.4, 0.5) is 10.8 Å². The molecule has 0 aliphatic heterocycles. The average Bonchev–Trinajstić information content (AvgIpc) is 2.92. The van der Waals surface area contributed by atoms with Crippen LogP contribution in [0.25, 0.3) is 11.3 Å². The van der Waals surface area contributed by atoms with E-state index in [1.807, 2.05) is 30.3 Å².